The molecule has 0 saturated carbocycles. The summed E-state index contributed by atoms with van der Waals surface area (Å²) in [6, 6.07) is 0. The maximum absolute atomic E-state index is 9.79. The molecule has 0 aliphatic rings. The highest BCUT2D eigenvalue weighted by molar-refractivity contribution is 5.50. The summed E-state index contributed by atoms with van der Waals surface area (Å²) in [5.74, 6) is 0. The Morgan fingerprint density at radius 1 is 1.27 bits per heavy atom. The fourth-order valence-corrected chi connectivity index (χ4v) is 0.639. The van der Waals surface area contributed by atoms with Gasteiger partial charge in [-0.25, -0.2) is 0 Å². The van der Waals surface area contributed by atoms with Gasteiger partial charge in [0, 0.05) is 13.2 Å². The van der Waals surface area contributed by atoms with Gasteiger partial charge in [0.25, 0.3) is 0 Å². The summed E-state index contributed by atoms with van der Waals surface area (Å²) >= 11 is 0. The van der Waals surface area contributed by atoms with Crippen LogP contribution in [0.2, 0.25) is 0 Å². The first-order valence-electron chi connectivity index (χ1n) is 3.82. The Bertz CT molecular complexity index is 83.4. The van der Waals surface area contributed by atoms with Crippen LogP contribution in [-0.2, 0) is 14.3 Å². The van der Waals surface area contributed by atoms with Crippen LogP contribution < -0.4 is 0 Å². The van der Waals surface area contributed by atoms with E-state index in [0.717, 1.165) is 25.7 Å². The van der Waals surface area contributed by atoms with Gasteiger partial charge in [0.2, 0.25) is 0 Å². The lowest BCUT2D eigenvalue weighted by Gasteiger charge is -2.00. The number of carbonyl (C=O) groups is 1. The molecule has 0 amide bonds. The van der Waals surface area contributed by atoms with Gasteiger partial charge in [-0.3, -0.25) is 0 Å². The summed E-state index contributed by atoms with van der Waals surface area (Å²) in [6.07, 6.45) is 2.68. The van der Waals surface area contributed by atoms with Crippen LogP contribution in [0.25, 0.3) is 0 Å². The highest BCUT2D eigenvalue weighted by atomic mass is 16.5. The smallest absolute Gasteiger partial charge is 0.145 e. The third-order valence-corrected chi connectivity index (χ3v) is 1.15. The van der Waals surface area contributed by atoms with Crippen LogP contribution in [0.5, 0.6) is 0 Å². The average molecular weight is 159 g/mol. The number of unbranched alkanes of at least 4 members (excludes halogenated alkanes) is 1. The molecule has 0 aliphatic carbocycles. The van der Waals surface area contributed by atoms with E-state index in [-0.39, 0.29) is 6.61 Å². The van der Waals surface area contributed by atoms with Crippen LogP contribution in [0.15, 0.2) is 0 Å². The molecule has 0 heterocycles. The summed E-state index contributed by atoms with van der Waals surface area (Å²) in [6.45, 7) is 5.11. The molecule has 0 atom stereocenters. The molecular weight excluding hydrogens is 144 g/mol. The van der Waals surface area contributed by atoms with Crippen LogP contribution >= 0.6 is 0 Å². The van der Waals surface area contributed by atoms with Crippen molar-refractivity contribution in [1.29, 1.82) is 0 Å². The Balaban J connectivity index is 2.74. The van der Waals surface area contributed by atoms with E-state index in [1.54, 1.807) is 6.61 Å². The second-order valence-corrected chi connectivity index (χ2v) is 2.06. The summed E-state index contributed by atoms with van der Waals surface area (Å²) in [4.78, 5) is 9.79. The average Bonchev–Trinajstić information content (AvgIpc) is 2.03. The Kier molecular flexibility index (Phi) is 9.23. The van der Waals surface area contributed by atoms with Crippen LogP contribution in [-0.4, -0.2) is 26.1 Å². The lowest BCUT2D eigenvalue weighted by Crippen LogP contribution is -1.99. The van der Waals surface area contributed by atoms with E-state index in [0.29, 0.717) is 6.61 Å². The Morgan fingerprint density at radius 3 is 2.64 bits per heavy atom. The van der Waals surface area contributed by atoms with E-state index in [1.165, 1.54) is 0 Å². The monoisotopic (exact) mass is 159 g/mol. The largest absolute Gasteiger partial charge is 0.376 e. The second-order valence-electron chi connectivity index (χ2n) is 2.06. The highest BCUT2D eigenvalue weighted by Crippen LogP contribution is 1.91. The van der Waals surface area contributed by atoms with Gasteiger partial charge in [-0.2, -0.15) is 0 Å². The SMILES string of the molecule is C[CH]OCCCCOCC=O. The zero-order chi connectivity index (χ0) is 8.36. The number of hydrogen-bond acceptors (Lipinski definition) is 3. The molecular formula is C8H15O3. The molecule has 0 rings (SSSR count). The molecule has 0 unspecified atom stereocenters. The van der Waals surface area contributed by atoms with Crippen molar-refractivity contribution in [3.05, 3.63) is 6.61 Å². The van der Waals surface area contributed by atoms with E-state index in [1.807, 2.05) is 6.92 Å². The van der Waals surface area contributed by atoms with E-state index < -0.39 is 0 Å². The minimum Gasteiger partial charge on any atom is -0.376 e. The van der Waals surface area contributed by atoms with Crippen molar-refractivity contribution in [3.8, 4) is 0 Å². The number of rotatable bonds is 8. The minimum atomic E-state index is 0.209. The predicted octanol–water partition coefficient (Wildman–Crippen LogP) is 1.18. The predicted molar refractivity (Wildman–Crippen MR) is 42.0 cm³/mol. The fraction of sp³-hybridized carbons (Fsp3) is 0.750. The molecule has 0 bridgehead atoms. The standard InChI is InChI=1S/C8H15O3/c1-2-10-6-3-4-7-11-8-5-9/h2,5H,3-4,6-8H2,1H3. The maximum Gasteiger partial charge on any atom is 0.145 e. The third kappa shape index (κ3) is 9.59. The Morgan fingerprint density at radius 2 is 2.00 bits per heavy atom. The molecule has 3 nitrogen and oxygen atoms in total. The van der Waals surface area contributed by atoms with Gasteiger partial charge in [-0.05, 0) is 19.8 Å². The second kappa shape index (κ2) is 9.59. The summed E-state index contributed by atoms with van der Waals surface area (Å²) in [7, 11) is 0. The molecule has 0 N–H and O–H groups in total. The molecule has 0 spiro atoms. The zero-order valence-electron chi connectivity index (χ0n) is 6.91. The normalized spacial score (nSPS) is 9.91. The van der Waals surface area contributed by atoms with Crippen molar-refractivity contribution in [2.75, 3.05) is 19.8 Å². The van der Waals surface area contributed by atoms with E-state index in [2.05, 4.69) is 0 Å². The molecule has 3 heteroatoms. The van der Waals surface area contributed by atoms with Crippen molar-refractivity contribution in [2.24, 2.45) is 0 Å². The lowest BCUT2D eigenvalue weighted by molar-refractivity contribution is -0.111. The van der Waals surface area contributed by atoms with Gasteiger partial charge in [0.05, 0.1) is 6.61 Å². The van der Waals surface area contributed by atoms with Gasteiger partial charge >= 0.3 is 0 Å². The number of hydrogen-bond donors (Lipinski definition) is 0. The molecule has 0 aromatic heterocycles. The van der Waals surface area contributed by atoms with Crippen molar-refractivity contribution in [2.45, 2.75) is 19.8 Å². The van der Waals surface area contributed by atoms with Crippen LogP contribution in [0.3, 0.4) is 0 Å². The first-order valence-corrected chi connectivity index (χ1v) is 3.82. The minimum absolute atomic E-state index is 0.209. The lowest BCUT2D eigenvalue weighted by atomic mass is 10.3. The van der Waals surface area contributed by atoms with Crippen molar-refractivity contribution in [1.82, 2.24) is 0 Å². The number of ether oxygens (including phenoxy) is 2. The molecule has 65 valence electrons. The van der Waals surface area contributed by atoms with Gasteiger partial charge in [0.15, 0.2) is 0 Å². The highest BCUT2D eigenvalue weighted by Gasteiger charge is 1.88. The van der Waals surface area contributed by atoms with Crippen LogP contribution in [0, 0.1) is 6.61 Å². The zero-order valence-corrected chi connectivity index (χ0v) is 6.91. The molecule has 0 saturated heterocycles. The van der Waals surface area contributed by atoms with E-state index in [4.69, 9.17) is 9.47 Å². The molecule has 11 heavy (non-hydrogen) atoms. The fourth-order valence-electron chi connectivity index (χ4n) is 0.639. The molecule has 1 radical (unpaired) electrons. The molecule has 0 aliphatic heterocycles. The van der Waals surface area contributed by atoms with Crippen LogP contribution in [0.1, 0.15) is 19.8 Å². The summed E-state index contributed by atoms with van der Waals surface area (Å²) in [5, 5.41) is 0. The van der Waals surface area contributed by atoms with Crippen molar-refractivity contribution in [3.63, 3.8) is 0 Å². The quantitative estimate of drug-likeness (QED) is 0.394. The Labute approximate surface area is 67.7 Å². The Hall–Kier alpha value is -0.410. The molecule has 0 aromatic rings. The molecule has 0 fully saturated rings. The van der Waals surface area contributed by atoms with Crippen molar-refractivity contribution >= 4 is 6.29 Å². The molecule has 0 aromatic carbocycles. The number of aldehydes is 1. The van der Waals surface area contributed by atoms with E-state index in [9.17, 15) is 4.79 Å². The van der Waals surface area contributed by atoms with Gasteiger partial charge in [-0.15, -0.1) is 0 Å². The maximum atomic E-state index is 9.79. The van der Waals surface area contributed by atoms with Gasteiger partial charge < -0.3 is 14.3 Å². The van der Waals surface area contributed by atoms with E-state index >= 15 is 0 Å². The third-order valence-electron chi connectivity index (χ3n) is 1.15. The van der Waals surface area contributed by atoms with Crippen LogP contribution in [0.4, 0.5) is 0 Å². The van der Waals surface area contributed by atoms with Gasteiger partial charge in [0.1, 0.15) is 12.9 Å². The first-order chi connectivity index (χ1) is 5.41. The summed E-state index contributed by atoms with van der Waals surface area (Å²) < 4.78 is 9.92. The van der Waals surface area contributed by atoms with Gasteiger partial charge in [-0.1, -0.05) is 0 Å². The number of carbonyl (C=O) groups excluding carboxylic acids is 1. The topological polar surface area (TPSA) is 35.5 Å². The first kappa shape index (κ1) is 10.6. The van der Waals surface area contributed by atoms with Crippen molar-refractivity contribution < 1.29 is 14.3 Å². The summed E-state index contributed by atoms with van der Waals surface area (Å²) in [5.41, 5.74) is 0.